The van der Waals surface area contributed by atoms with Crippen molar-refractivity contribution in [3.8, 4) is 0 Å². The van der Waals surface area contributed by atoms with Crippen molar-refractivity contribution in [3.05, 3.63) is 35.5 Å². The number of ether oxygens (including phenoxy) is 1. The molecule has 1 aromatic carbocycles. The number of aryl methyl sites for hydroxylation is 2. The van der Waals surface area contributed by atoms with Gasteiger partial charge in [-0.3, -0.25) is 0 Å². The summed E-state index contributed by atoms with van der Waals surface area (Å²) in [6.07, 6.45) is 0. The van der Waals surface area contributed by atoms with E-state index in [-0.39, 0.29) is 0 Å². The fourth-order valence-electron chi connectivity index (χ4n) is 2.06. The zero-order valence-corrected chi connectivity index (χ0v) is 9.58. The molecule has 0 bridgehead atoms. The molecule has 15 heavy (non-hydrogen) atoms. The van der Waals surface area contributed by atoms with Gasteiger partial charge >= 0.3 is 0 Å². The number of rotatable bonds is 3. The predicted octanol–water partition coefficient (Wildman–Crippen LogP) is 3.12. The summed E-state index contributed by atoms with van der Waals surface area (Å²) in [4.78, 5) is 0. The molecule has 1 heterocycles. The largest absolute Gasteiger partial charge is 0.378 e. The molecule has 0 unspecified atom stereocenters. The van der Waals surface area contributed by atoms with Crippen molar-refractivity contribution in [2.75, 3.05) is 7.11 Å². The number of nitrogens with zero attached hydrogens (tertiary/aromatic N) is 1. The first-order valence-corrected chi connectivity index (χ1v) is 5.34. The molecule has 2 aromatic rings. The molecule has 0 aliphatic rings. The zero-order valence-electron chi connectivity index (χ0n) is 9.58. The maximum Gasteiger partial charge on any atom is 0.0864 e. The average molecular weight is 203 g/mol. The van der Waals surface area contributed by atoms with Crippen LogP contribution in [0.3, 0.4) is 0 Å². The van der Waals surface area contributed by atoms with Crippen LogP contribution in [0, 0.1) is 6.92 Å². The molecule has 0 N–H and O–H groups in total. The minimum atomic E-state index is 0.682. The van der Waals surface area contributed by atoms with Crippen LogP contribution >= 0.6 is 0 Å². The number of methoxy groups -OCH3 is 1. The van der Waals surface area contributed by atoms with Gasteiger partial charge < -0.3 is 9.30 Å². The Hall–Kier alpha value is -1.28. The molecule has 0 spiro atoms. The average Bonchev–Trinajstić information content (AvgIpc) is 2.55. The molecule has 1 aromatic heterocycles. The van der Waals surface area contributed by atoms with E-state index in [2.05, 4.69) is 42.7 Å². The highest BCUT2D eigenvalue weighted by Gasteiger charge is 2.06. The van der Waals surface area contributed by atoms with Gasteiger partial charge in [-0.25, -0.2) is 0 Å². The highest BCUT2D eigenvalue weighted by atomic mass is 16.5. The SMILES string of the molecule is CCn1c(COC)cc2ccc(C)cc21. The summed E-state index contributed by atoms with van der Waals surface area (Å²) < 4.78 is 7.52. The van der Waals surface area contributed by atoms with E-state index in [4.69, 9.17) is 4.74 Å². The van der Waals surface area contributed by atoms with Gasteiger partial charge in [-0.1, -0.05) is 12.1 Å². The normalized spacial score (nSPS) is 11.1. The van der Waals surface area contributed by atoms with Gasteiger partial charge in [-0.15, -0.1) is 0 Å². The van der Waals surface area contributed by atoms with Gasteiger partial charge in [0.1, 0.15) is 0 Å². The monoisotopic (exact) mass is 203 g/mol. The Balaban J connectivity index is 2.63. The zero-order chi connectivity index (χ0) is 10.8. The lowest BCUT2D eigenvalue weighted by Crippen LogP contribution is -2.01. The lowest BCUT2D eigenvalue weighted by molar-refractivity contribution is 0.178. The minimum Gasteiger partial charge on any atom is -0.378 e. The Morgan fingerprint density at radius 3 is 2.73 bits per heavy atom. The van der Waals surface area contributed by atoms with Crippen LogP contribution in [-0.4, -0.2) is 11.7 Å². The smallest absolute Gasteiger partial charge is 0.0864 e. The molecule has 2 rings (SSSR count). The van der Waals surface area contributed by atoms with E-state index in [9.17, 15) is 0 Å². The number of fused-ring (bicyclic) bond motifs is 1. The molecule has 0 aliphatic carbocycles. The summed E-state index contributed by atoms with van der Waals surface area (Å²) in [5.41, 5.74) is 3.87. The van der Waals surface area contributed by atoms with Crippen molar-refractivity contribution in [1.82, 2.24) is 4.57 Å². The van der Waals surface area contributed by atoms with E-state index in [0.29, 0.717) is 6.61 Å². The molecule has 0 aliphatic heterocycles. The van der Waals surface area contributed by atoms with Crippen molar-refractivity contribution in [1.29, 1.82) is 0 Å². The van der Waals surface area contributed by atoms with Crippen LogP contribution in [0.25, 0.3) is 10.9 Å². The standard InChI is InChI=1S/C13H17NO/c1-4-14-12(9-15-3)8-11-6-5-10(2)7-13(11)14/h5-8H,4,9H2,1-3H3. The number of hydrogen-bond acceptors (Lipinski definition) is 1. The number of benzene rings is 1. The molecule has 0 fully saturated rings. The van der Waals surface area contributed by atoms with Crippen molar-refractivity contribution >= 4 is 10.9 Å². The van der Waals surface area contributed by atoms with E-state index >= 15 is 0 Å². The first-order chi connectivity index (χ1) is 7.26. The van der Waals surface area contributed by atoms with Gasteiger partial charge in [0.2, 0.25) is 0 Å². The summed E-state index contributed by atoms with van der Waals surface area (Å²) in [5, 5.41) is 1.30. The van der Waals surface area contributed by atoms with Crippen LogP contribution in [0.4, 0.5) is 0 Å². The van der Waals surface area contributed by atoms with Gasteiger partial charge in [0, 0.05) is 24.9 Å². The molecular weight excluding hydrogens is 186 g/mol. The second kappa shape index (κ2) is 4.07. The Kier molecular flexibility index (Phi) is 2.78. The van der Waals surface area contributed by atoms with Crippen LogP contribution in [0.1, 0.15) is 18.2 Å². The fraction of sp³-hybridized carbons (Fsp3) is 0.385. The maximum absolute atomic E-state index is 5.21. The highest BCUT2D eigenvalue weighted by molar-refractivity contribution is 5.82. The second-order valence-corrected chi connectivity index (χ2v) is 3.88. The first kappa shape index (κ1) is 10.2. The summed E-state index contributed by atoms with van der Waals surface area (Å²) in [6.45, 7) is 5.97. The van der Waals surface area contributed by atoms with Crippen molar-refractivity contribution < 1.29 is 4.74 Å². The predicted molar refractivity (Wildman–Crippen MR) is 63.1 cm³/mol. The maximum atomic E-state index is 5.21. The van der Waals surface area contributed by atoms with E-state index < -0.39 is 0 Å². The molecule has 0 amide bonds. The third-order valence-electron chi connectivity index (χ3n) is 2.75. The number of hydrogen-bond donors (Lipinski definition) is 0. The van der Waals surface area contributed by atoms with Crippen molar-refractivity contribution in [3.63, 3.8) is 0 Å². The van der Waals surface area contributed by atoms with Gasteiger partial charge in [0.15, 0.2) is 0 Å². The summed E-state index contributed by atoms with van der Waals surface area (Å²) in [7, 11) is 1.74. The molecule has 0 saturated carbocycles. The van der Waals surface area contributed by atoms with Gasteiger partial charge in [-0.2, -0.15) is 0 Å². The summed E-state index contributed by atoms with van der Waals surface area (Å²) in [6, 6.07) is 8.77. The Morgan fingerprint density at radius 2 is 2.07 bits per heavy atom. The van der Waals surface area contributed by atoms with Gasteiger partial charge in [-0.05, 0) is 36.9 Å². The Morgan fingerprint density at radius 1 is 1.27 bits per heavy atom. The molecule has 80 valence electrons. The lowest BCUT2D eigenvalue weighted by Gasteiger charge is -2.06. The van der Waals surface area contributed by atoms with Crippen LogP contribution in [0.15, 0.2) is 24.3 Å². The van der Waals surface area contributed by atoms with Gasteiger partial charge in [0.25, 0.3) is 0 Å². The molecule has 2 heteroatoms. The molecule has 2 nitrogen and oxygen atoms in total. The van der Waals surface area contributed by atoms with Crippen molar-refractivity contribution in [2.45, 2.75) is 27.0 Å². The third kappa shape index (κ3) is 1.77. The van der Waals surface area contributed by atoms with Crippen LogP contribution in [-0.2, 0) is 17.9 Å². The first-order valence-electron chi connectivity index (χ1n) is 5.34. The third-order valence-corrected chi connectivity index (χ3v) is 2.75. The van der Waals surface area contributed by atoms with Gasteiger partial charge in [0.05, 0.1) is 6.61 Å². The van der Waals surface area contributed by atoms with Crippen LogP contribution in [0.2, 0.25) is 0 Å². The second-order valence-electron chi connectivity index (χ2n) is 3.88. The molecule has 0 radical (unpaired) electrons. The van der Waals surface area contributed by atoms with Crippen LogP contribution in [0.5, 0.6) is 0 Å². The molecule has 0 saturated heterocycles. The quantitative estimate of drug-likeness (QED) is 0.747. The number of aromatic nitrogens is 1. The van der Waals surface area contributed by atoms with E-state index in [1.807, 2.05) is 0 Å². The Labute approximate surface area is 90.5 Å². The summed E-state index contributed by atoms with van der Waals surface area (Å²) in [5.74, 6) is 0. The fourth-order valence-corrected chi connectivity index (χ4v) is 2.06. The Bertz CT molecular complexity index is 471. The molecule has 0 atom stereocenters. The van der Waals surface area contributed by atoms with E-state index in [1.165, 1.54) is 22.2 Å². The topological polar surface area (TPSA) is 14.2 Å². The molecular formula is C13H17NO. The van der Waals surface area contributed by atoms with Crippen molar-refractivity contribution in [2.24, 2.45) is 0 Å². The highest BCUT2D eigenvalue weighted by Crippen LogP contribution is 2.21. The van der Waals surface area contributed by atoms with E-state index in [0.717, 1.165) is 6.54 Å². The van der Waals surface area contributed by atoms with Crippen LogP contribution < -0.4 is 0 Å². The minimum absolute atomic E-state index is 0.682. The summed E-state index contributed by atoms with van der Waals surface area (Å²) >= 11 is 0. The lowest BCUT2D eigenvalue weighted by atomic mass is 10.2. The van der Waals surface area contributed by atoms with E-state index in [1.54, 1.807) is 7.11 Å².